The standard InChI is InChI=1S/C5H8O5/c1-4(6)2-5(7)9-3-10-8/h8H,2-3H2,1H3. The number of ether oxygens (including phenoxy) is 1. The molecule has 0 amide bonds. The van der Waals surface area contributed by atoms with Crippen molar-refractivity contribution in [2.24, 2.45) is 0 Å². The summed E-state index contributed by atoms with van der Waals surface area (Å²) in [7, 11) is 0. The Morgan fingerprint density at radius 3 is 2.50 bits per heavy atom. The number of hydrogen-bond donors (Lipinski definition) is 1. The topological polar surface area (TPSA) is 72.8 Å². The largest absolute Gasteiger partial charge is 0.435 e. The molecular weight excluding hydrogens is 140 g/mol. The van der Waals surface area contributed by atoms with Crippen LogP contribution in [0.15, 0.2) is 0 Å². The molecule has 0 aromatic carbocycles. The van der Waals surface area contributed by atoms with Gasteiger partial charge >= 0.3 is 5.97 Å². The van der Waals surface area contributed by atoms with Crippen LogP contribution >= 0.6 is 0 Å². The molecule has 0 atom stereocenters. The highest BCUT2D eigenvalue weighted by molar-refractivity contribution is 5.94. The predicted octanol–water partition coefficient (Wildman–Crippen LogP) is -0.0442. The molecule has 0 bridgehead atoms. The lowest BCUT2D eigenvalue weighted by molar-refractivity contribution is -0.289. The minimum Gasteiger partial charge on any atom is -0.435 e. The van der Waals surface area contributed by atoms with E-state index in [1.807, 2.05) is 0 Å². The number of esters is 1. The molecule has 0 aliphatic heterocycles. The number of rotatable bonds is 4. The summed E-state index contributed by atoms with van der Waals surface area (Å²) in [5.74, 6) is -0.996. The van der Waals surface area contributed by atoms with Gasteiger partial charge in [0.05, 0.1) is 0 Å². The van der Waals surface area contributed by atoms with Crippen molar-refractivity contribution in [2.75, 3.05) is 6.79 Å². The first-order valence-corrected chi connectivity index (χ1v) is 2.58. The minimum atomic E-state index is -0.707. The van der Waals surface area contributed by atoms with Crippen LogP contribution in [0.4, 0.5) is 0 Å². The number of Topliss-reactive ketones (excluding diaryl/α,β-unsaturated/α-hetero) is 1. The summed E-state index contributed by atoms with van der Waals surface area (Å²) in [5.41, 5.74) is 0. The third-order valence-corrected chi connectivity index (χ3v) is 0.666. The maximum atomic E-state index is 10.4. The van der Waals surface area contributed by atoms with Crippen LogP contribution in [-0.4, -0.2) is 23.8 Å². The zero-order valence-corrected chi connectivity index (χ0v) is 5.49. The van der Waals surface area contributed by atoms with Gasteiger partial charge in [0.2, 0.25) is 6.79 Å². The van der Waals surface area contributed by atoms with Gasteiger partial charge in [0.1, 0.15) is 12.2 Å². The van der Waals surface area contributed by atoms with Crippen molar-refractivity contribution in [3.63, 3.8) is 0 Å². The molecule has 0 aliphatic rings. The lowest BCUT2D eigenvalue weighted by Gasteiger charge is -1.97. The molecule has 0 radical (unpaired) electrons. The van der Waals surface area contributed by atoms with Crippen LogP contribution < -0.4 is 0 Å². The molecule has 58 valence electrons. The summed E-state index contributed by atoms with van der Waals surface area (Å²) in [6.45, 7) is 0.729. The molecule has 0 aromatic rings. The van der Waals surface area contributed by atoms with E-state index in [1.54, 1.807) is 0 Å². The Labute approximate surface area is 57.5 Å². The summed E-state index contributed by atoms with van der Waals surface area (Å²) in [4.78, 5) is 24.0. The monoisotopic (exact) mass is 148 g/mol. The Bertz CT molecular complexity index is 130. The van der Waals surface area contributed by atoms with Gasteiger partial charge in [-0.1, -0.05) is 0 Å². The minimum absolute atomic E-state index is 0.288. The fourth-order valence-electron chi connectivity index (χ4n) is 0.346. The first-order chi connectivity index (χ1) is 4.66. The maximum Gasteiger partial charge on any atom is 0.315 e. The first kappa shape index (κ1) is 9.06. The second-order valence-corrected chi connectivity index (χ2v) is 1.64. The Kier molecular flexibility index (Phi) is 4.43. The van der Waals surface area contributed by atoms with Crippen LogP contribution in [-0.2, 0) is 19.2 Å². The van der Waals surface area contributed by atoms with Gasteiger partial charge in [-0.05, 0) is 6.92 Å². The van der Waals surface area contributed by atoms with E-state index in [2.05, 4.69) is 9.62 Å². The summed E-state index contributed by atoms with van der Waals surface area (Å²) in [6.07, 6.45) is -0.288. The van der Waals surface area contributed by atoms with Crippen LogP contribution in [0.2, 0.25) is 0 Å². The molecule has 0 saturated heterocycles. The van der Waals surface area contributed by atoms with Gasteiger partial charge in [0.25, 0.3) is 0 Å². The molecule has 0 heterocycles. The molecule has 10 heavy (non-hydrogen) atoms. The van der Waals surface area contributed by atoms with Crippen LogP contribution in [0.3, 0.4) is 0 Å². The van der Waals surface area contributed by atoms with Gasteiger partial charge in [-0.3, -0.25) is 9.59 Å². The Morgan fingerprint density at radius 1 is 1.50 bits per heavy atom. The zero-order valence-electron chi connectivity index (χ0n) is 5.49. The molecular formula is C5H8O5. The van der Waals surface area contributed by atoms with Crippen molar-refractivity contribution in [1.29, 1.82) is 0 Å². The third-order valence-electron chi connectivity index (χ3n) is 0.666. The molecule has 0 aromatic heterocycles. The van der Waals surface area contributed by atoms with Gasteiger partial charge in [-0.25, -0.2) is 5.26 Å². The van der Waals surface area contributed by atoms with Crippen LogP contribution in [0.25, 0.3) is 0 Å². The van der Waals surface area contributed by atoms with E-state index in [4.69, 9.17) is 5.26 Å². The van der Waals surface area contributed by atoms with Gasteiger partial charge in [-0.15, -0.1) is 0 Å². The fourth-order valence-corrected chi connectivity index (χ4v) is 0.346. The van der Waals surface area contributed by atoms with E-state index in [0.717, 1.165) is 0 Å². The Balaban J connectivity index is 3.35. The van der Waals surface area contributed by atoms with Gasteiger partial charge < -0.3 is 4.74 Å². The number of ketones is 1. The van der Waals surface area contributed by atoms with E-state index in [1.165, 1.54) is 6.92 Å². The SMILES string of the molecule is CC(=O)CC(=O)OCOO. The molecule has 0 saturated carbocycles. The van der Waals surface area contributed by atoms with Crippen molar-refractivity contribution in [1.82, 2.24) is 0 Å². The van der Waals surface area contributed by atoms with E-state index in [0.29, 0.717) is 0 Å². The third kappa shape index (κ3) is 5.20. The van der Waals surface area contributed by atoms with Crippen molar-refractivity contribution in [3.05, 3.63) is 0 Å². The number of hydrogen-bond acceptors (Lipinski definition) is 5. The summed E-state index contributed by atoms with van der Waals surface area (Å²) >= 11 is 0. The Hall–Kier alpha value is -0.940. The second kappa shape index (κ2) is 4.89. The Morgan fingerprint density at radius 2 is 2.10 bits per heavy atom. The van der Waals surface area contributed by atoms with Crippen molar-refractivity contribution >= 4 is 11.8 Å². The van der Waals surface area contributed by atoms with Crippen LogP contribution in [0, 0.1) is 0 Å². The summed E-state index contributed by atoms with van der Waals surface area (Å²) in [5, 5.41) is 7.69. The number of carbonyl (C=O) groups is 2. The van der Waals surface area contributed by atoms with E-state index < -0.39 is 12.8 Å². The van der Waals surface area contributed by atoms with Crippen molar-refractivity contribution in [3.8, 4) is 0 Å². The molecule has 0 aliphatic carbocycles. The van der Waals surface area contributed by atoms with Crippen molar-refractivity contribution < 1.29 is 24.5 Å². The lowest BCUT2D eigenvalue weighted by atomic mass is 10.3. The molecule has 5 heteroatoms. The average Bonchev–Trinajstić information content (AvgIpc) is 1.82. The highest BCUT2D eigenvalue weighted by Gasteiger charge is 2.04. The first-order valence-electron chi connectivity index (χ1n) is 2.58. The zero-order chi connectivity index (χ0) is 7.98. The van der Waals surface area contributed by atoms with E-state index in [-0.39, 0.29) is 12.2 Å². The second-order valence-electron chi connectivity index (χ2n) is 1.64. The summed E-state index contributed by atoms with van der Waals surface area (Å²) < 4.78 is 4.17. The molecule has 0 unspecified atom stereocenters. The molecule has 5 nitrogen and oxygen atoms in total. The van der Waals surface area contributed by atoms with E-state index in [9.17, 15) is 9.59 Å². The van der Waals surface area contributed by atoms with Crippen LogP contribution in [0.1, 0.15) is 13.3 Å². The van der Waals surface area contributed by atoms with Gasteiger partial charge in [-0.2, -0.15) is 4.89 Å². The van der Waals surface area contributed by atoms with Crippen molar-refractivity contribution in [2.45, 2.75) is 13.3 Å². The highest BCUT2D eigenvalue weighted by Crippen LogP contribution is 1.86. The highest BCUT2D eigenvalue weighted by atomic mass is 17.1. The van der Waals surface area contributed by atoms with Gasteiger partial charge in [0.15, 0.2) is 0 Å². The molecule has 0 fully saturated rings. The average molecular weight is 148 g/mol. The number of carbonyl (C=O) groups excluding carboxylic acids is 2. The fraction of sp³-hybridized carbons (Fsp3) is 0.600. The van der Waals surface area contributed by atoms with Crippen LogP contribution in [0.5, 0.6) is 0 Å². The van der Waals surface area contributed by atoms with Gasteiger partial charge in [0, 0.05) is 0 Å². The molecule has 0 spiro atoms. The normalized spacial score (nSPS) is 9.00. The lowest BCUT2D eigenvalue weighted by Crippen LogP contribution is -2.10. The smallest absolute Gasteiger partial charge is 0.315 e. The van der Waals surface area contributed by atoms with E-state index >= 15 is 0 Å². The quantitative estimate of drug-likeness (QED) is 0.199. The maximum absolute atomic E-state index is 10.4. The summed E-state index contributed by atoms with van der Waals surface area (Å²) in [6, 6.07) is 0. The molecule has 0 rings (SSSR count). The molecule has 1 N–H and O–H groups in total. The predicted molar refractivity (Wildman–Crippen MR) is 30.0 cm³/mol.